The van der Waals surface area contributed by atoms with Crippen molar-refractivity contribution >= 4 is 10.0 Å². The number of hydrogen-bond donors (Lipinski definition) is 0. The Morgan fingerprint density at radius 1 is 1.22 bits per heavy atom. The Bertz CT molecular complexity index is 983. The van der Waals surface area contributed by atoms with Gasteiger partial charge < -0.3 is 9.47 Å². The molecule has 0 amide bonds. The number of halogens is 3. The van der Waals surface area contributed by atoms with Crippen LogP contribution in [-0.4, -0.2) is 43.3 Å². The third-order valence-electron chi connectivity index (χ3n) is 3.66. The van der Waals surface area contributed by atoms with Crippen LogP contribution in [0.5, 0.6) is 11.5 Å². The first-order valence-corrected chi connectivity index (χ1v) is 9.01. The van der Waals surface area contributed by atoms with Crippen LogP contribution in [0.25, 0.3) is 0 Å². The average Bonchev–Trinajstić information content (AvgIpc) is 2.56. The molecule has 1 aliphatic heterocycles. The molecule has 1 aromatic carbocycles. The van der Waals surface area contributed by atoms with Crippen molar-refractivity contribution in [3.05, 3.63) is 48.3 Å². The number of nitrogens with zero attached hydrogens (tertiary/aromatic N) is 3. The molecule has 0 saturated carbocycles. The zero-order valence-corrected chi connectivity index (χ0v) is 14.4. The number of para-hydroxylation sites is 1. The summed E-state index contributed by atoms with van der Waals surface area (Å²) in [6.45, 7) is -0.0974. The van der Waals surface area contributed by atoms with E-state index >= 15 is 0 Å². The van der Waals surface area contributed by atoms with Crippen molar-refractivity contribution in [2.75, 3.05) is 13.1 Å². The lowest BCUT2D eigenvalue weighted by molar-refractivity contribution is -0.275. The highest BCUT2D eigenvalue weighted by atomic mass is 32.2. The second-order valence-electron chi connectivity index (χ2n) is 5.55. The standard InChI is InChI=1S/C16H12F3N3O4S/c17-16(18,19)26-14-3-1-2-4-15(14)27(23,24)22-9-13(10-22)25-12-5-6-21-11(7-12)8-20/h1-7,13H,9-10H2. The van der Waals surface area contributed by atoms with Crippen molar-refractivity contribution in [2.24, 2.45) is 0 Å². The van der Waals surface area contributed by atoms with Gasteiger partial charge in [0.25, 0.3) is 0 Å². The van der Waals surface area contributed by atoms with E-state index in [2.05, 4.69) is 9.72 Å². The molecular formula is C16H12F3N3O4S. The van der Waals surface area contributed by atoms with E-state index in [1.807, 2.05) is 6.07 Å². The number of benzene rings is 1. The number of hydrogen-bond acceptors (Lipinski definition) is 6. The maximum absolute atomic E-state index is 12.6. The number of nitriles is 1. The van der Waals surface area contributed by atoms with Crippen molar-refractivity contribution in [1.29, 1.82) is 5.26 Å². The maximum atomic E-state index is 12.6. The predicted molar refractivity (Wildman–Crippen MR) is 85.3 cm³/mol. The molecule has 11 heteroatoms. The van der Waals surface area contributed by atoms with E-state index in [9.17, 15) is 21.6 Å². The zero-order chi connectivity index (χ0) is 19.7. The summed E-state index contributed by atoms with van der Waals surface area (Å²) in [5, 5.41) is 8.80. The van der Waals surface area contributed by atoms with Gasteiger partial charge in [0.1, 0.15) is 34.3 Å². The highest BCUT2D eigenvalue weighted by Gasteiger charge is 2.41. The number of ether oxygens (including phenoxy) is 2. The van der Waals surface area contributed by atoms with Gasteiger partial charge >= 0.3 is 6.36 Å². The number of rotatable bonds is 5. The van der Waals surface area contributed by atoms with E-state index in [-0.39, 0.29) is 18.8 Å². The third-order valence-corrected chi connectivity index (χ3v) is 5.53. The molecule has 1 aliphatic rings. The van der Waals surface area contributed by atoms with Gasteiger partial charge in [-0.05, 0) is 18.2 Å². The molecule has 3 rings (SSSR count). The monoisotopic (exact) mass is 399 g/mol. The molecule has 1 aromatic heterocycles. The van der Waals surface area contributed by atoms with Crippen molar-refractivity contribution < 1.29 is 31.1 Å². The number of alkyl halides is 3. The van der Waals surface area contributed by atoms with Gasteiger partial charge in [-0.1, -0.05) is 12.1 Å². The Kier molecular flexibility index (Phi) is 4.95. The Labute approximate surface area is 152 Å². The number of aromatic nitrogens is 1. The normalized spacial score (nSPS) is 15.6. The molecular weight excluding hydrogens is 387 g/mol. The smallest absolute Gasteiger partial charge is 0.488 e. The molecule has 0 radical (unpaired) electrons. The first kappa shape index (κ1) is 18.9. The summed E-state index contributed by atoms with van der Waals surface area (Å²) in [6.07, 6.45) is -4.12. The molecule has 7 nitrogen and oxygen atoms in total. The van der Waals surface area contributed by atoms with Crippen LogP contribution in [-0.2, 0) is 10.0 Å². The minimum atomic E-state index is -5.01. The summed E-state index contributed by atoms with van der Waals surface area (Å²) in [5.74, 6) is -0.438. The Balaban J connectivity index is 1.71. The van der Waals surface area contributed by atoms with Crippen LogP contribution in [0.1, 0.15) is 5.69 Å². The molecule has 0 spiro atoms. The van der Waals surface area contributed by atoms with Crippen molar-refractivity contribution in [1.82, 2.24) is 9.29 Å². The predicted octanol–water partition coefficient (Wildman–Crippen LogP) is 2.30. The minimum absolute atomic E-state index is 0.0487. The molecule has 0 unspecified atom stereocenters. The molecule has 0 atom stereocenters. The van der Waals surface area contributed by atoms with Gasteiger partial charge in [-0.3, -0.25) is 0 Å². The van der Waals surface area contributed by atoms with Crippen molar-refractivity contribution in [3.63, 3.8) is 0 Å². The summed E-state index contributed by atoms with van der Waals surface area (Å²) in [4.78, 5) is 3.22. The first-order chi connectivity index (χ1) is 12.7. The lowest BCUT2D eigenvalue weighted by Crippen LogP contribution is -2.56. The van der Waals surface area contributed by atoms with Crippen LogP contribution in [0.15, 0.2) is 47.5 Å². The molecule has 1 saturated heterocycles. The molecule has 142 valence electrons. The van der Waals surface area contributed by atoms with Gasteiger partial charge in [0.15, 0.2) is 0 Å². The lowest BCUT2D eigenvalue weighted by Gasteiger charge is -2.38. The van der Waals surface area contributed by atoms with Crippen LogP contribution < -0.4 is 9.47 Å². The summed E-state index contributed by atoms with van der Waals surface area (Å²) in [6, 6.07) is 9.32. The van der Waals surface area contributed by atoms with Gasteiger partial charge in [-0.25, -0.2) is 13.4 Å². The summed E-state index contributed by atoms with van der Waals surface area (Å²) in [7, 11) is -4.18. The molecule has 0 N–H and O–H groups in total. The SMILES string of the molecule is N#Cc1cc(OC2CN(S(=O)(=O)c3ccccc3OC(F)(F)F)C2)ccn1. The van der Waals surface area contributed by atoms with Crippen LogP contribution in [0.4, 0.5) is 13.2 Å². The largest absolute Gasteiger partial charge is 0.573 e. The van der Waals surface area contributed by atoms with E-state index < -0.39 is 33.1 Å². The van der Waals surface area contributed by atoms with Gasteiger partial charge in [-0.15, -0.1) is 13.2 Å². The lowest BCUT2D eigenvalue weighted by atomic mass is 10.2. The molecule has 0 aliphatic carbocycles. The maximum Gasteiger partial charge on any atom is 0.573 e. The van der Waals surface area contributed by atoms with E-state index in [0.717, 1.165) is 16.4 Å². The van der Waals surface area contributed by atoms with Crippen LogP contribution >= 0.6 is 0 Å². The fourth-order valence-corrected chi connectivity index (χ4v) is 4.04. The van der Waals surface area contributed by atoms with Crippen LogP contribution in [0.2, 0.25) is 0 Å². The van der Waals surface area contributed by atoms with Gasteiger partial charge in [0.05, 0.1) is 13.1 Å². The van der Waals surface area contributed by atoms with E-state index in [0.29, 0.717) is 5.75 Å². The van der Waals surface area contributed by atoms with Crippen molar-refractivity contribution in [3.8, 4) is 17.6 Å². The highest BCUT2D eigenvalue weighted by Crippen LogP contribution is 2.33. The minimum Gasteiger partial charge on any atom is -0.488 e. The number of pyridine rings is 1. The Hall–Kier alpha value is -2.84. The first-order valence-electron chi connectivity index (χ1n) is 7.57. The average molecular weight is 399 g/mol. The van der Waals surface area contributed by atoms with Gasteiger partial charge in [0.2, 0.25) is 10.0 Å². The molecule has 1 fully saturated rings. The zero-order valence-electron chi connectivity index (χ0n) is 13.5. The van der Waals surface area contributed by atoms with E-state index in [1.165, 1.54) is 30.5 Å². The fraction of sp³-hybridized carbons (Fsp3) is 0.250. The second-order valence-corrected chi connectivity index (χ2v) is 7.45. The molecule has 2 heterocycles. The Morgan fingerprint density at radius 3 is 2.59 bits per heavy atom. The fourth-order valence-electron chi connectivity index (χ4n) is 2.42. The van der Waals surface area contributed by atoms with Crippen molar-refractivity contribution in [2.45, 2.75) is 17.4 Å². The topological polar surface area (TPSA) is 92.5 Å². The summed E-state index contributed by atoms with van der Waals surface area (Å²) >= 11 is 0. The molecule has 2 aromatic rings. The summed E-state index contributed by atoms with van der Waals surface area (Å²) in [5.41, 5.74) is 0.148. The summed E-state index contributed by atoms with van der Waals surface area (Å²) < 4.78 is 73.0. The van der Waals surface area contributed by atoms with Crippen LogP contribution in [0.3, 0.4) is 0 Å². The second kappa shape index (κ2) is 7.05. The van der Waals surface area contributed by atoms with Crippen LogP contribution in [0, 0.1) is 11.3 Å². The Morgan fingerprint density at radius 2 is 1.93 bits per heavy atom. The van der Waals surface area contributed by atoms with Gasteiger partial charge in [-0.2, -0.15) is 9.57 Å². The third kappa shape index (κ3) is 4.29. The van der Waals surface area contributed by atoms with E-state index in [4.69, 9.17) is 10.00 Å². The molecule has 27 heavy (non-hydrogen) atoms. The van der Waals surface area contributed by atoms with Gasteiger partial charge in [0, 0.05) is 12.3 Å². The number of sulfonamides is 1. The molecule has 0 bridgehead atoms. The van der Waals surface area contributed by atoms with E-state index in [1.54, 1.807) is 0 Å². The quantitative estimate of drug-likeness (QED) is 0.766. The highest BCUT2D eigenvalue weighted by molar-refractivity contribution is 7.89.